The predicted molar refractivity (Wildman–Crippen MR) is 72.2 cm³/mol. The predicted octanol–water partition coefficient (Wildman–Crippen LogP) is 3.84. The van der Waals surface area contributed by atoms with E-state index in [9.17, 15) is 4.79 Å². The zero-order valence-corrected chi connectivity index (χ0v) is 11.1. The van der Waals surface area contributed by atoms with Gasteiger partial charge in [0.1, 0.15) is 4.83 Å². The van der Waals surface area contributed by atoms with Gasteiger partial charge in [-0.1, -0.05) is 58.4 Å². The van der Waals surface area contributed by atoms with E-state index >= 15 is 0 Å². The highest BCUT2D eigenvalue weighted by atomic mass is 79.9. The van der Waals surface area contributed by atoms with Crippen LogP contribution in [-0.4, -0.2) is 12.6 Å². The molecule has 0 saturated heterocycles. The van der Waals surface area contributed by atoms with Crippen LogP contribution in [0.4, 0.5) is 0 Å². The molecule has 0 heterocycles. The summed E-state index contributed by atoms with van der Waals surface area (Å²) in [4.78, 5) is 11.3. The van der Waals surface area contributed by atoms with Gasteiger partial charge in [-0.25, -0.2) is 0 Å². The van der Waals surface area contributed by atoms with E-state index in [2.05, 4.69) is 15.9 Å². The van der Waals surface area contributed by atoms with E-state index in [4.69, 9.17) is 4.74 Å². The normalized spacial score (nSPS) is 12.4. The first-order valence-electron chi connectivity index (χ1n) is 5.52. The first-order valence-corrected chi connectivity index (χ1v) is 6.44. The van der Waals surface area contributed by atoms with Crippen molar-refractivity contribution in [2.45, 2.75) is 11.8 Å². The topological polar surface area (TPSA) is 26.3 Å². The number of esters is 1. The van der Waals surface area contributed by atoms with E-state index < -0.39 is 4.83 Å². The Morgan fingerprint density at radius 2 is 1.94 bits per heavy atom. The van der Waals surface area contributed by atoms with Crippen molar-refractivity contribution in [2.24, 2.45) is 0 Å². The molecule has 2 aromatic rings. The van der Waals surface area contributed by atoms with Crippen LogP contribution >= 0.6 is 15.9 Å². The number of hydrogen-bond acceptors (Lipinski definition) is 2. The van der Waals surface area contributed by atoms with Crippen molar-refractivity contribution in [3.05, 3.63) is 48.0 Å². The summed E-state index contributed by atoms with van der Waals surface area (Å²) in [6.45, 7) is 2.20. The Bertz CT molecular complexity index is 531. The highest BCUT2D eigenvalue weighted by Crippen LogP contribution is 2.30. The zero-order valence-electron chi connectivity index (χ0n) is 9.52. The molecule has 0 aliphatic heterocycles. The van der Waals surface area contributed by atoms with Crippen molar-refractivity contribution in [3.63, 3.8) is 0 Å². The van der Waals surface area contributed by atoms with Crippen LogP contribution in [0.5, 0.6) is 0 Å². The molecule has 0 aliphatic rings. The first-order chi connectivity index (χ1) is 8.24. The maximum atomic E-state index is 11.7. The molecule has 3 heteroatoms. The maximum Gasteiger partial charge on any atom is 0.324 e. The maximum absolute atomic E-state index is 11.7. The number of carbonyl (C=O) groups is 1. The monoisotopic (exact) mass is 292 g/mol. The lowest BCUT2D eigenvalue weighted by molar-refractivity contribution is -0.142. The summed E-state index contributed by atoms with van der Waals surface area (Å²) in [5, 5.41) is 2.20. The number of rotatable bonds is 3. The van der Waals surface area contributed by atoms with E-state index in [0.29, 0.717) is 6.61 Å². The van der Waals surface area contributed by atoms with Crippen molar-refractivity contribution in [2.75, 3.05) is 6.61 Å². The average Bonchev–Trinajstić information content (AvgIpc) is 2.37. The van der Waals surface area contributed by atoms with Crippen LogP contribution in [0.2, 0.25) is 0 Å². The van der Waals surface area contributed by atoms with Gasteiger partial charge in [-0.05, 0) is 23.3 Å². The van der Waals surface area contributed by atoms with Crippen molar-refractivity contribution in [1.82, 2.24) is 0 Å². The summed E-state index contributed by atoms with van der Waals surface area (Å²) < 4.78 is 5.02. The second-order valence-corrected chi connectivity index (χ2v) is 4.60. The summed E-state index contributed by atoms with van der Waals surface area (Å²) in [6, 6.07) is 13.9. The van der Waals surface area contributed by atoms with Crippen molar-refractivity contribution in [1.29, 1.82) is 0 Å². The summed E-state index contributed by atoms with van der Waals surface area (Å²) in [5.41, 5.74) is 0.946. The van der Waals surface area contributed by atoms with Gasteiger partial charge in [-0.2, -0.15) is 0 Å². The number of fused-ring (bicyclic) bond motifs is 1. The molecule has 0 fully saturated rings. The minimum absolute atomic E-state index is 0.246. The Morgan fingerprint density at radius 1 is 1.24 bits per heavy atom. The lowest BCUT2D eigenvalue weighted by atomic mass is 10.0. The van der Waals surface area contributed by atoms with Gasteiger partial charge >= 0.3 is 5.97 Å². The molecule has 0 radical (unpaired) electrons. The third-order valence-electron chi connectivity index (χ3n) is 2.59. The van der Waals surface area contributed by atoms with Gasteiger partial charge in [0, 0.05) is 0 Å². The zero-order chi connectivity index (χ0) is 12.3. The Hall–Kier alpha value is -1.35. The molecule has 88 valence electrons. The van der Waals surface area contributed by atoms with Gasteiger partial charge in [0.25, 0.3) is 0 Å². The molecule has 2 nitrogen and oxygen atoms in total. The summed E-state index contributed by atoms with van der Waals surface area (Å²) >= 11 is 3.40. The van der Waals surface area contributed by atoms with Crippen LogP contribution in [0.1, 0.15) is 17.3 Å². The quantitative estimate of drug-likeness (QED) is 0.635. The summed E-state index contributed by atoms with van der Waals surface area (Å²) in [6.07, 6.45) is 0. The standard InChI is InChI=1S/C14H13BrO2/c1-2-17-14(16)13(15)12-9-5-7-10-6-3-4-8-11(10)12/h3-9,13H,2H2,1H3/t13-/m0/s1. The van der Waals surface area contributed by atoms with E-state index in [1.165, 1.54) is 0 Å². The van der Waals surface area contributed by atoms with Crippen LogP contribution in [0.3, 0.4) is 0 Å². The largest absolute Gasteiger partial charge is 0.465 e. The number of ether oxygens (including phenoxy) is 1. The SMILES string of the molecule is CCOC(=O)[C@@H](Br)c1cccc2ccccc12. The van der Waals surface area contributed by atoms with E-state index in [-0.39, 0.29) is 5.97 Å². The number of benzene rings is 2. The Kier molecular flexibility index (Phi) is 3.79. The molecule has 0 bridgehead atoms. The summed E-state index contributed by atoms with van der Waals surface area (Å²) in [7, 11) is 0. The smallest absolute Gasteiger partial charge is 0.324 e. The number of hydrogen-bond donors (Lipinski definition) is 0. The average molecular weight is 293 g/mol. The van der Waals surface area contributed by atoms with Crippen molar-refractivity contribution >= 4 is 32.7 Å². The molecule has 0 amide bonds. The number of carbonyl (C=O) groups excluding carboxylic acids is 1. The van der Waals surface area contributed by atoms with Crippen molar-refractivity contribution in [3.8, 4) is 0 Å². The molecule has 17 heavy (non-hydrogen) atoms. The number of halogens is 1. The highest BCUT2D eigenvalue weighted by molar-refractivity contribution is 9.09. The third-order valence-corrected chi connectivity index (χ3v) is 3.46. The molecular weight excluding hydrogens is 280 g/mol. The van der Waals surface area contributed by atoms with Crippen LogP contribution in [0, 0.1) is 0 Å². The Labute approximate surface area is 109 Å². The van der Waals surface area contributed by atoms with E-state index in [1.54, 1.807) is 6.92 Å². The highest BCUT2D eigenvalue weighted by Gasteiger charge is 2.19. The molecule has 2 aromatic carbocycles. The molecule has 0 spiro atoms. The van der Waals surface area contributed by atoms with Gasteiger partial charge in [-0.15, -0.1) is 0 Å². The minimum Gasteiger partial charge on any atom is -0.465 e. The third kappa shape index (κ3) is 2.50. The molecule has 2 rings (SSSR count). The molecule has 0 aromatic heterocycles. The fourth-order valence-electron chi connectivity index (χ4n) is 1.81. The number of alkyl halides is 1. The summed E-state index contributed by atoms with van der Waals surface area (Å²) in [5.74, 6) is -0.246. The Morgan fingerprint density at radius 3 is 2.71 bits per heavy atom. The molecule has 0 unspecified atom stereocenters. The molecule has 0 aliphatic carbocycles. The fourth-order valence-corrected chi connectivity index (χ4v) is 2.35. The molecule has 1 atom stereocenters. The lowest BCUT2D eigenvalue weighted by Crippen LogP contribution is -2.10. The van der Waals surface area contributed by atoms with Crippen molar-refractivity contribution < 1.29 is 9.53 Å². The van der Waals surface area contributed by atoms with E-state index in [0.717, 1.165) is 16.3 Å². The van der Waals surface area contributed by atoms with Gasteiger partial charge in [-0.3, -0.25) is 4.79 Å². The van der Waals surface area contributed by atoms with Gasteiger partial charge in [0.15, 0.2) is 0 Å². The van der Waals surface area contributed by atoms with Gasteiger partial charge < -0.3 is 4.74 Å². The molecular formula is C14H13BrO2. The van der Waals surface area contributed by atoms with Gasteiger partial charge in [0.2, 0.25) is 0 Å². The van der Waals surface area contributed by atoms with Crippen LogP contribution in [0.25, 0.3) is 10.8 Å². The van der Waals surface area contributed by atoms with Crippen LogP contribution in [0.15, 0.2) is 42.5 Å². The van der Waals surface area contributed by atoms with Gasteiger partial charge in [0.05, 0.1) is 6.61 Å². The second kappa shape index (κ2) is 5.32. The lowest BCUT2D eigenvalue weighted by Gasteiger charge is -2.12. The second-order valence-electron chi connectivity index (χ2n) is 3.68. The fraction of sp³-hybridized carbons (Fsp3) is 0.214. The van der Waals surface area contributed by atoms with Crippen LogP contribution < -0.4 is 0 Å². The van der Waals surface area contributed by atoms with Crippen LogP contribution in [-0.2, 0) is 9.53 Å². The van der Waals surface area contributed by atoms with E-state index in [1.807, 2.05) is 42.5 Å². The minimum atomic E-state index is -0.409. The Balaban J connectivity index is 2.44. The molecule has 0 saturated carbocycles. The first kappa shape index (κ1) is 12.1. The molecule has 0 N–H and O–H groups in total.